The molecule has 0 heterocycles. The maximum Gasteiger partial charge on any atom is 0.0913 e. The summed E-state index contributed by atoms with van der Waals surface area (Å²) < 4.78 is 5.84. The van der Waals surface area contributed by atoms with E-state index in [9.17, 15) is 0 Å². The molecule has 0 N–H and O–H groups in total. The molecule has 2 atom stereocenters. The summed E-state index contributed by atoms with van der Waals surface area (Å²) >= 11 is 0. The molecule has 1 nitrogen and oxygen atoms in total. The predicted octanol–water partition coefficient (Wildman–Crippen LogP) is 5.22. The molecule has 110 valence electrons. The zero-order valence-electron chi connectivity index (χ0n) is 13.1. The maximum atomic E-state index is 5.84. The minimum atomic E-state index is 0.725. The molecular weight excluding hydrogens is 244 g/mol. The largest absolute Gasteiger partial charge is 0.501 e. The Morgan fingerprint density at radius 1 is 1.20 bits per heavy atom. The summed E-state index contributed by atoms with van der Waals surface area (Å²) in [6.07, 6.45) is 6.97. The van der Waals surface area contributed by atoms with Crippen molar-refractivity contribution in [2.24, 2.45) is 17.8 Å². The van der Waals surface area contributed by atoms with Crippen molar-refractivity contribution in [3.05, 3.63) is 47.7 Å². The molecule has 0 spiro atoms. The molecule has 1 aromatic rings. The van der Waals surface area contributed by atoms with Crippen molar-refractivity contribution in [3.8, 4) is 0 Å². The number of allylic oxidation sites excluding steroid dienone is 1. The maximum absolute atomic E-state index is 5.84. The van der Waals surface area contributed by atoms with Crippen LogP contribution in [0.4, 0.5) is 0 Å². The monoisotopic (exact) mass is 272 g/mol. The third-order valence-electron chi connectivity index (χ3n) is 4.42. The average Bonchev–Trinajstić information content (AvgIpc) is 2.44. The van der Waals surface area contributed by atoms with E-state index < -0.39 is 0 Å². The van der Waals surface area contributed by atoms with Gasteiger partial charge in [-0.25, -0.2) is 0 Å². The fraction of sp³-hybridized carbons (Fsp3) is 0.579. The SMILES string of the molecule is CC(C)[C@H]1CC[C@H](C)CC1=COCCc1ccccc1. The van der Waals surface area contributed by atoms with Crippen LogP contribution < -0.4 is 0 Å². The highest BCUT2D eigenvalue weighted by Gasteiger charge is 2.25. The highest BCUT2D eigenvalue weighted by atomic mass is 16.5. The van der Waals surface area contributed by atoms with Gasteiger partial charge in [-0.1, -0.05) is 51.1 Å². The standard InChI is InChI=1S/C19H28O/c1-15(2)19-10-9-16(3)13-18(19)14-20-12-11-17-7-5-4-6-8-17/h4-8,14-16,19H,9-13H2,1-3H3/t16-,19+/m0/s1. The van der Waals surface area contributed by atoms with Crippen LogP contribution in [0.1, 0.15) is 45.6 Å². The van der Waals surface area contributed by atoms with E-state index in [1.54, 1.807) is 0 Å². The van der Waals surface area contributed by atoms with Gasteiger partial charge in [-0.15, -0.1) is 0 Å². The first-order valence-corrected chi connectivity index (χ1v) is 8.01. The molecule has 2 rings (SSSR count). The second-order valence-corrected chi connectivity index (χ2v) is 6.54. The van der Waals surface area contributed by atoms with Crippen LogP contribution in [0.5, 0.6) is 0 Å². The topological polar surface area (TPSA) is 9.23 Å². The minimum absolute atomic E-state index is 0.725. The first-order valence-electron chi connectivity index (χ1n) is 8.01. The molecule has 0 amide bonds. The van der Waals surface area contributed by atoms with E-state index >= 15 is 0 Å². The second kappa shape index (κ2) is 7.52. The number of benzene rings is 1. The van der Waals surface area contributed by atoms with Crippen molar-refractivity contribution in [1.29, 1.82) is 0 Å². The molecule has 1 aliphatic rings. The van der Waals surface area contributed by atoms with Gasteiger partial charge in [0.25, 0.3) is 0 Å². The van der Waals surface area contributed by atoms with E-state index in [4.69, 9.17) is 4.74 Å². The van der Waals surface area contributed by atoms with Gasteiger partial charge in [0.05, 0.1) is 12.9 Å². The Morgan fingerprint density at radius 3 is 2.65 bits per heavy atom. The lowest BCUT2D eigenvalue weighted by Gasteiger charge is -2.31. The smallest absolute Gasteiger partial charge is 0.0913 e. The summed E-state index contributed by atoms with van der Waals surface area (Å²) in [4.78, 5) is 0. The van der Waals surface area contributed by atoms with Crippen LogP contribution in [0.25, 0.3) is 0 Å². The number of ether oxygens (including phenoxy) is 1. The third kappa shape index (κ3) is 4.40. The summed E-state index contributed by atoms with van der Waals surface area (Å²) in [6, 6.07) is 10.6. The number of rotatable bonds is 5. The lowest BCUT2D eigenvalue weighted by Crippen LogP contribution is -2.20. The molecule has 1 saturated carbocycles. The van der Waals surface area contributed by atoms with Gasteiger partial charge in [-0.2, -0.15) is 0 Å². The normalized spacial score (nSPS) is 25.1. The van der Waals surface area contributed by atoms with Crippen molar-refractivity contribution in [2.75, 3.05) is 6.61 Å². The van der Waals surface area contributed by atoms with Crippen LogP contribution in [-0.4, -0.2) is 6.61 Å². The molecule has 1 heteroatoms. The minimum Gasteiger partial charge on any atom is -0.501 e. The van der Waals surface area contributed by atoms with Crippen LogP contribution in [0.2, 0.25) is 0 Å². The van der Waals surface area contributed by atoms with E-state index in [0.29, 0.717) is 0 Å². The Kier molecular flexibility index (Phi) is 5.70. The van der Waals surface area contributed by atoms with Gasteiger partial charge in [-0.05, 0) is 48.2 Å². The molecule has 1 aliphatic carbocycles. The molecule has 0 radical (unpaired) electrons. The molecule has 0 unspecified atom stereocenters. The molecule has 0 saturated heterocycles. The fourth-order valence-electron chi connectivity index (χ4n) is 3.19. The zero-order chi connectivity index (χ0) is 14.4. The summed E-state index contributed by atoms with van der Waals surface area (Å²) in [5.74, 6) is 2.27. The molecule has 20 heavy (non-hydrogen) atoms. The Labute approximate surface area is 124 Å². The van der Waals surface area contributed by atoms with E-state index in [1.807, 2.05) is 0 Å². The second-order valence-electron chi connectivity index (χ2n) is 6.54. The van der Waals surface area contributed by atoms with Gasteiger partial charge in [0, 0.05) is 6.42 Å². The van der Waals surface area contributed by atoms with Gasteiger partial charge in [0.1, 0.15) is 0 Å². The van der Waals surface area contributed by atoms with Crippen LogP contribution in [0, 0.1) is 17.8 Å². The first-order chi connectivity index (χ1) is 9.66. The molecule has 1 aromatic carbocycles. The summed E-state index contributed by atoms with van der Waals surface area (Å²) in [5, 5.41) is 0. The predicted molar refractivity (Wildman–Crippen MR) is 85.5 cm³/mol. The number of hydrogen-bond acceptors (Lipinski definition) is 1. The van der Waals surface area contributed by atoms with E-state index in [1.165, 1.54) is 30.4 Å². The van der Waals surface area contributed by atoms with Gasteiger partial charge in [-0.3, -0.25) is 0 Å². The van der Waals surface area contributed by atoms with E-state index in [-0.39, 0.29) is 0 Å². The van der Waals surface area contributed by atoms with Gasteiger partial charge in [0.15, 0.2) is 0 Å². The van der Waals surface area contributed by atoms with E-state index in [2.05, 4.69) is 57.4 Å². The van der Waals surface area contributed by atoms with Gasteiger partial charge in [0.2, 0.25) is 0 Å². The third-order valence-corrected chi connectivity index (χ3v) is 4.42. The molecule has 1 fully saturated rings. The van der Waals surface area contributed by atoms with E-state index in [0.717, 1.165) is 30.8 Å². The first kappa shape index (κ1) is 15.2. The Hall–Kier alpha value is -1.24. The van der Waals surface area contributed by atoms with Crippen molar-refractivity contribution in [1.82, 2.24) is 0 Å². The Morgan fingerprint density at radius 2 is 1.95 bits per heavy atom. The Bertz CT molecular complexity index is 419. The fourth-order valence-corrected chi connectivity index (χ4v) is 3.19. The summed E-state index contributed by atoms with van der Waals surface area (Å²) in [7, 11) is 0. The number of hydrogen-bond donors (Lipinski definition) is 0. The highest BCUT2D eigenvalue weighted by molar-refractivity contribution is 5.14. The molecule has 0 bridgehead atoms. The average molecular weight is 272 g/mol. The van der Waals surface area contributed by atoms with Crippen LogP contribution in [-0.2, 0) is 11.2 Å². The van der Waals surface area contributed by atoms with Crippen molar-refractivity contribution >= 4 is 0 Å². The van der Waals surface area contributed by atoms with Crippen LogP contribution in [0.15, 0.2) is 42.2 Å². The van der Waals surface area contributed by atoms with Gasteiger partial charge < -0.3 is 4.74 Å². The molecule has 0 aliphatic heterocycles. The quantitative estimate of drug-likeness (QED) is 0.527. The van der Waals surface area contributed by atoms with Crippen molar-refractivity contribution < 1.29 is 4.74 Å². The van der Waals surface area contributed by atoms with Crippen molar-refractivity contribution in [3.63, 3.8) is 0 Å². The van der Waals surface area contributed by atoms with Crippen LogP contribution in [0.3, 0.4) is 0 Å². The Balaban J connectivity index is 1.85. The lowest BCUT2D eigenvalue weighted by atomic mass is 9.74. The zero-order valence-corrected chi connectivity index (χ0v) is 13.1. The van der Waals surface area contributed by atoms with Crippen LogP contribution >= 0.6 is 0 Å². The summed E-state index contributed by atoms with van der Waals surface area (Å²) in [6.45, 7) is 7.80. The molecular formula is C19H28O. The van der Waals surface area contributed by atoms with Crippen molar-refractivity contribution in [2.45, 2.75) is 46.5 Å². The highest BCUT2D eigenvalue weighted by Crippen LogP contribution is 2.37. The molecule has 0 aromatic heterocycles. The summed E-state index contributed by atoms with van der Waals surface area (Å²) in [5.41, 5.74) is 2.88. The van der Waals surface area contributed by atoms with Gasteiger partial charge >= 0.3 is 0 Å². The lowest BCUT2D eigenvalue weighted by molar-refractivity contribution is 0.229.